The lowest BCUT2D eigenvalue weighted by molar-refractivity contribution is -0.125. The summed E-state index contributed by atoms with van der Waals surface area (Å²) in [7, 11) is 0. The third-order valence-corrected chi connectivity index (χ3v) is 3.82. The van der Waals surface area contributed by atoms with Gasteiger partial charge in [0.2, 0.25) is 5.91 Å². The molecule has 5 heteroatoms. The molecule has 1 aliphatic rings. The van der Waals surface area contributed by atoms with E-state index >= 15 is 0 Å². The standard InChI is InChI=1S/C14H16BrN3O/c1-14(2)9-18(11-6-4-3-5-10(11)15)12(7-8-16)13(19)17-14/h3-6,12H,7,9H2,1-2H3,(H,17,19). The third kappa shape index (κ3) is 2.90. The van der Waals surface area contributed by atoms with Crippen LogP contribution in [-0.4, -0.2) is 24.0 Å². The molecule has 0 saturated carbocycles. The number of carbonyl (C=O) groups is 1. The largest absolute Gasteiger partial charge is 0.355 e. The fourth-order valence-electron chi connectivity index (χ4n) is 2.36. The molecule has 19 heavy (non-hydrogen) atoms. The fraction of sp³-hybridized carbons (Fsp3) is 0.429. The number of nitriles is 1. The van der Waals surface area contributed by atoms with Crippen molar-refractivity contribution in [2.24, 2.45) is 0 Å². The van der Waals surface area contributed by atoms with Gasteiger partial charge in [-0.15, -0.1) is 0 Å². The van der Waals surface area contributed by atoms with Crippen LogP contribution in [0.4, 0.5) is 5.69 Å². The van der Waals surface area contributed by atoms with Gasteiger partial charge in [0.1, 0.15) is 6.04 Å². The van der Waals surface area contributed by atoms with Gasteiger partial charge in [0.25, 0.3) is 0 Å². The van der Waals surface area contributed by atoms with Gasteiger partial charge in [0, 0.05) is 11.0 Å². The summed E-state index contributed by atoms with van der Waals surface area (Å²) in [5.41, 5.74) is 0.642. The molecule has 0 radical (unpaired) electrons. The van der Waals surface area contributed by atoms with Crippen LogP contribution < -0.4 is 10.2 Å². The minimum absolute atomic E-state index is 0.0893. The maximum Gasteiger partial charge on any atom is 0.244 e. The van der Waals surface area contributed by atoms with E-state index in [1.807, 2.05) is 43.0 Å². The molecule has 0 spiro atoms. The predicted molar refractivity (Wildman–Crippen MR) is 77.7 cm³/mol. The van der Waals surface area contributed by atoms with Crippen LogP contribution in [0.25, 0.3) is 0 Å². The van der Waals surface area contributed by atoms with Crippen molar-refractivity contribution in [1.29, 1.82) is 5.26 Å². The Morgan fingerprint density at radius 2 is 2.21 bits per heavy atom. The summed E-state index contributed by atoms with van der Waals surface area (Å²) in [5, 5.41) is 11.9. The highest BCUT2D eigenvalue weighted by molar-refractivity contribution is 9.10. The van der Waals surface area contributed by atoms with Gasteiger partial charge in [-0.3, -0.25) is 4.79 Å². The van der Waals surface area contributed by atoms with Crippen molar-refractivity contribution in [2.75, 3.05) is 11.4 Å². The molecule has 0 bridgehead atoms. The number of hydrogen-bond donors (Lipinski definition) is 1. The Morgan fingerprint density at radius 3 is 2.84 bits per heavy atom. The highest BCUT2D eigenvalue weighted by Gasteiger charge is 2.38. The predicted octanol–water partition coefficient (Wildman–Crippen LogP) is 2.45. The van der Waals surface area contributed by atoms with E-state index in [2.05, 4.69) is 27.3 Å². The van der Waals surface area contributed by atoms with Crippen LogP contribution in [0.1, 0.15) is 20.3 Å². The molecule has 1 heterocycles. The molecule has 1 aromatic carbocycles. The number of carbonyl (C=O) groups excluding carboxylic acids is 1. The summed E-state index contributed by atoms with van der Waals surface area (Å²) in [6.07, 6.45) is 0.184. The monoisotopic (exact) mass is 321 g/mol. The Morgan fingerprint density at radius 1 is 1.53 bits per heavy atom. The lowest BCUT2D eigenvalue weighted by Crippen LogP contribution is -2.65. The Balaban J connectivity index is 2.41. The van der Waals surface area contributed by atoms with Crippen molar-refractivity contribution in [2.45, 2.75) is 31.8 Å². The first-order valence-corrected chi connectivity index (χ1v) is 6.94. The van der Waals surface area contributed by atoms with Crippen LogP contribution in [0.15, 0.2) is 28.7 Å². The van der Waals surface area contributed by atoms with Crippen LogP contribution in [0, 0.1) is 11.3 Å². The van der Waals surface area contributed by atoms with Gasteiger partial charge in [-0.05, 0) is 41.9 Å². The van der Waals surface area contributed by atoms with Crippen LogP contribution in [0.5, 0.6) is 0 Å². The maximum absolute atomic E-state index is 12.2. The number of rotatable bonds is 2. The van der Waals surface area contributed by atoms with Gasteiger partial charge in [0.15, 0.2) is 0 Å². The molecule has 2 rings (SSSR count). The lowest BCUT2D eigenvalue weighted by atomic mass is 9.96. The molecular weight excluding hydrogens is 306 g/mol. The Bertz CT molecular complexity index is 536. The van der Waals surface area contributed by atoms with Gasteiger partial charge < -0.3 is 10.2 Å². The first-order valence-electron chi connectivity index (χ1n) is 6.15. The number of piperazine rings is 1. The van der Waals surface area contributed by atoms with Gasteiger partial charge in [-0.1, -0.05) is 12.1 Å². The number of nitrogens with zero attached hydrogens (tertiary/aromatic N) is 2. The molecule has 4 nitrogen and oxygen atoms in total. The quantitative estimate of drug-likeness (QED) is 0.910. The van der Waals surface area contributed by atoms with Crippen molar-refractivity contribution in [3.8, 4) is 6.07 Å². The number of hydrogen-bond acceptors (Lipinski definition) is 3. The fourth-order valence-corrected chi connectivity index (χ4v) is 2.87. The number of halogens is 1. The highest BCUT2D eigenvalue weighted by atomic mass is 79.9. The zero-order valence-corrected chi connectivity index (χ0v) is 12.6. The summed E-state index contributed by atoms with van der Waals surface area (Å²) in [5.74, 6) is -0.0893. The van der Waals surface area contributed by atoms with Gasteiger partial charge >= 0.3 is 0 Å². The number of para-hydroxylation sites is 1. The Labute approximate surface area is 121 Å². The summed E-state index contributed by atoms with van der Waals surface area (Å²) >= 11 is 3.51. The SMILES string of the molecule is CC1(C)CN(c2ccccc2Br)C(CC#N)C(=O)N1. The van der Waals surface area contributed by atoms with Crippen molar-refractivity contribution in [3.63, 3.8) is 0 Å². The molecule has 1 fully saturated rings. The zero-order valence-electron chi connectivity index (χ0n) is 11.0. The van der Waals surface area contributed by atoms with E-state index in [0.717, 1.165) is 10.2 Å². The molecule has 1 aromatic rings. The third-order valence-electron chi connectivity index (χ3n) is 3.15. The minimum Gasteiger partial charge on any atom is -0.355 e. The average molecular weight is 322 g/mol. The molecule has 0 aliphatic carbocycles. The summed E-state index contributed by atoms with van der Waals surface area (Å²) in [6.45, 7) is 4.64. The molecule has 1 N–H and O–H groups in total. The van der Waals surface area contributed by atoms with Gasteiger partial charge in [-0.25, -0.2) is 0 Å². The summed E-state index contributed by atoms with van der Waals surface area (Å²) < 4.78 is 0.934. The average Bonchev–Trinajstić information content (AvgIpc) is 2.32. The van der Waals surface area contributed by atoms with E-state index in [4.69, 9.17) is 5.26 Å². The number of amides is 1. The van der Waals surface area contributed by atoms with Gasteiger partial charge in [-0.2, -0.15) is 5.26 Å². The highest BCUT2D eigenvalue weighted by Crippen LogP contribution is 2.31. The second kappa shape index (κ2) is 5.22. The normalized spacial score (nSPS) is 21.7. The van der Waals surface area contributed by atoms with Gasteiger partial charge in [0.05, 0.1) is 23.7 Å². The van der Waals surface area contributed by atoms with Crippen LogP contribution in [0.2, 0.25) is 0 Å². The van der Waals surface area contributed by atoms with E-state index in [0.29, 0.717) is 6.54 Å². The van der Waals surface area contributed by atoms with Crippen LogP contribution >= 0.6 is 15.9 Å². The molecule has 0 aromatic heterocycles. The second-order valence-electron chi connectivity index (χ2n) is 5.33. The molecule has 1 amide bonds. The van der Waals surface area contributed by atoms with Crippen molar-refractivity contribution in [3.05, 3.63) is 28.7 Å². The Kier molecular flexibility index (Phi) is 3.81. The van der Waals surface area contributed by atoms with Crippen molar-refractivity contribution < 1.29 is 4.79 Å². The van der Waals surface area contributed by atoms with Crippen molar-refractivity contribution >= 4 is 27.5 Å². The molecule has 1 aliphatic heterocycles. The van der Waals surface area contributed by atoms with E-state index in [9.17, 15) is 4.79 Å². The van der Waals surface area contributed by atoms with E-state index < -0.39 is 6.04 Å². The maximum atomic E-state index is 12.2. The number of nitrogens with one attached hydrogen (secondary N) is 1. The molecular formula is C14H16BrN3O. The van der Waals surface area contributed by atoms with Crippen LogP contribution in [0.3, 0.4) is 0 Å². The molecule has 1 atom stereocenters. The summed E-state index contributed by atoms with van der Waals surface area (Å²) in [4.78, 5) is 14.2. The number of anilines is 1. The van der Waals surface area contributed by atoms with E-state index in [1.54, 1.807) is 0 Å². The lowest BCUT2D eigenvalue weighted by Gasteiger charge is -2.44. The second-order valence-corrected chi connectivity index (χ2v) is 6.18. The first kappa shape index (κ1) is 13.9. The molecule has 1 unspecified atom stereocenters. The minimum atomic E-state index is -0.434. The Hall–Kier alpha value is -1.54. The molecule has 100 valence electrons. The van der Waals surface area contributed by atoms with Crippen LogP contribution in [-0.2, 0) is 4.79 Å². The topological polar surface area (TPSA) is 56.1 Å². The van der Waals surface area contributed by atoms with Crippen molar-refractivity contribution in [1.82, 2.24) is 5.32 Å². The molecule has 1 saturated heterocycles. The zero-order chi connectivity index (χ0) is 14.0. The van der Waals surface area contributed by atoms with E-state index in [-0.39, 0.29) is 17.9 Å². The number of benzene rings is 1. The summed E-state index contributed by atoms with van der Waals surface area (Å²) in [6, 6.07) is 9.43. The smallest absolute Gasteiger partial charge is 0.244 e. The first-order chi connectivity index (χ1) is 8.94. The van der Waals surface area contributed by atoms with E-state index in [1.165, 1.54) is 0 Å².